The third-order valence-electron chi connectivity index (χ3n) is 15.1. The molecule has 1 aliphatic rings. The van der Waals surface area contributed by atoms with Crippen LogP contribution in [0.4, 0.5) is 17.1 Å². The third-order valence-corrected chi connectivity index (χ3v) is 15.1. The minimum atomic E-state index is -0.258. The normalized spacial score (nSPS) is 12.7. The Morgan fingerprint density at radius 1 is 0.375 bits per heavy atom. The van der Waals surface area contributed by atoms with Crippen molar-refractivity contribution in [3.05, 3.63) is 266 Å². The summed E-state index contributed by atoms with van der Waals surface area (Å²) in [5.74, 6) is 0. The first-order valence-corrected chi connectivity index (χ1v) is 24.9. The molecule has 72 heavy (non-hydrogen) atoms. The predicted octanol–water partition coefficient (Wildman–Crippen LogP) is 19.1. The minimum absolute atomic E-state index is 0.258. The Balaban J connectivity index is 1.05. The van der Waals surface area contributed by atoms with Crippen molar-refractivity contribution < 1.29 is 4.42 Å². The van der Waals surface area contributed by atoms with Gasteiger partial charge in [-0.1, -0.05) is 202 Å². The van der Waals surface area contributed by atoms with E-state index in [0.717, 1.165) is 50.1 Å². The molecule has 3 heteroatoms. The van der Waals surface area contributed by atoms with Gasteiger partial charge in [-0.15, -0.1) is 0 Å². The number of para-hydroxylation sites is 1. The van der Waals surface area contributed by atoms with Crippen molar-refractivity contribution in [2.45, 2.75) is 19.3 Å². The second kappa shape index (κ2) is 16.5. The Labute approximate surface area is 419 Å². The van der Waals surface area contributed by atoms with Gasteiger partial charge in [-0.2, -0.15) is 0 Å². The average Bonchev–Trinajstić information content (AvgIpc) is 4.07. The molecule has 0 atom stereocenters. The molecule has 0 amide bonds. The molecule has 0 N–H and O–H groups in total. The highest BCUT2D eigenvalue weighted by atomic mass is 16.3. The SMILES string of the molecule is CC1(C)c2ccccc2-c2cccc(-n3c4cc(N(c5ccc(-c6cccc(-c7ccccc7)c6)cc5)c5cccc6oc7ccccc7c56)ccc4c4cc(-c5ccccc5)cc(-c5ccccc5)c43)c21. The Kier molecular flexibility index (Phi) is 9.56. The van der Waals surface area contributed by atoms with Gasteiger partial charge in [0.05, 0.1) is 27.8 Å². The van der Waals surface area contributed by atoms with Gasteiger partial charge in [0.2, 0.25) is 0 Å². The van der Waals surface area contributed by atoms with Crippen molar-refractivity contribution >= 4 is 60.8 Å². The Bertz CT molecular complexity index is 4220. The highest BCUT2D eigenvalue weighted by Gasteiger charge is 2.38. The molecule has 0 unspecified atom stereocenters. The molecule has 0 saturated heterocycles. The number of hydrogen-bond donors (Lipinski definition) is 0. The number of nitrogens with zero attached hydrogens (tertiary/aromatic N) is 2. The standard InChI is InChI=1S/C69H48N2O/c1-69(2)60-30-14-12-27-54(60)56-29-17-32-62(67(56)69)71-63-44-53(39-40-55(63)59-43-51(46-21-8-4-9-22-46)42-58(68(59)71)48-23-10-5-11-24-48)70(61-31-18-34-65-66(61)57-28-13-15-33-64(57)72-65)52-37-35-47(36-38-52)50-26-16-25-49(41-50)45-19-6-3-7-20-45/h3-44H,1-2H3. The predicted molar refractivity (Wildman–Crippen MR) is 302 cm³/mol. The van der Waals surface area contributed by atoms with E-state index in [2.05, 4.69) is 272 Å². The van der Waals surface area contributed by atoms with E-state index in [0.29, 0.717) is 0 Å². The van der Waals surface area contributed by atoms with E-state index in [-0.39, 0.29) is 5.41 Å². The summed E-state index contributed by atoms with van der Waals surface area (Å²) >= 11 is 0. The maximum Gasteiger partial charge on any atom is 0.137 e. The maximum atomic E-state index is 6.59. The fourth-order valence-corrected chi connectivity index (χ4v) is 11.8. The maximum absolute atomic E-state index is 6.59. The number of fused-ring (bicyclic) bond motifs is 9. The summed E-state index contributed by atoms with van der Waals surface area (Å²) in [6.45, 7) is 4.79. The van der Waals surface area contributed by atoms with Crippen molar-refractivity contribution in [1.29, 1.82) is 0 Å². The monoisotopic (exact) mass is 920 g/mol. The smallest absolute Gasteiger partial charge is 0.137 e. The van der Waals surface area contributed by atoms with E-state index in [1.54, 1.807) is 0 Å². The summed E-state index contributed by atoms with van der Waals surface area (Å²) in [5, 5.41) is 4.56. The largest absolute Gasteiger partial charge is 0.456 e. The summed E-state index contributed by atoms with van der Waals surface area (Å²) in [6, 6.07) is 92.9. The molecule has 0 aliphatic heterocycles. The second-order valence-electron chi connectivity index (χ2n) is 19.6. The second-order valence-corrected chi connectivity index (χ2v) is 19.6. The Morgan fingerprint density at radius 2 is 0.958 bits per heavy atom. The van der Waals surface area contributed by atoms with Crippen LogP contribution in [-0.4, -0.2) is 4.57 Å². The van der Waals surface area contributed by atoms with Gasteiger partial charge in [0.1, 0.15) is 11.2 Å². The van der Waals surface area contributed by atoms with Crippen LogP contribution in [0.5, 0.6) is 0 Å². The van der Waals surface area contributed by atoms with E-state index >= 15 is 0 Å². The number of hydrogen-bond acceptors (Lipinski definition) is 2. The molecule has 0 fully saturated rings. The lowest BCUT2D eigenvalue weighted by Crippen LogP contribution is -2.18. The molecule has 0 spiro atoms. The zero-order valence-corrected chi connectivity index (χ0v) is 40.1. The van der Waals surface area contributed by atoms with Crippen LogP contribution in [-0.2, 0) is 5.41 Å². The Hall–Kier alpha value is -9.18. The average molecular weight is 921 g/mol. The van der Waals surface area contributed by atoms with E-state index in [4.69, 9.17) is 4.42 Å². The minimum Gasteiger partial charge on any atom is -0.456 e. The van der Waals surface area contributed by atoms with Gasteiger partial charge in [-0.05, 0) is 128 Å². The van der Waals surface area contributed by atoms with Gasteiger partial charge in [0.15, 0.2) is 0 Å². The molecule has 1 aliphatic carbocycles. The molecule has 0 bridgehead atoms. The number of benzene rings is 11. The van der Waals surface area contributed by atoms with E-state index in [1.165, 1.54) is 83.2 Å². The van der Waals surface area contributed by atoms with Crippen LogP contribution in [0.15, 0.2) is 259 Å². The third kappa shape index (κ3) is 6.58. The fourth-order valence-electron chi connectivity index (χ4n) is 11.8. The molecule has 2 aromatic heterocycles. The highest BCUT2D eigenvalue weighted by Crippen LogP contribution is 2.53. The lowest BCUT2D eigenvalue weighted by molar-refractivity contribution is 0.656. The molecule has 14 rings (SSSR count). The number of anilines is 3. The molecule has 13 aromatic rings. The highest BCUT2D eigenvalue weighted by molar-refractivity contribution is 6.17. The van der Waals surface area contributed by atoms with Crippen LogP contribution in [0, 0.1) is 0 Å². The zero-order valence-electron chi connectivity index (χ0n) is 40.1. The van der Waals surface area contributed by atoms with Crippen LogP contribution in [0.1, 0.15) is 25.0 Å². The first-order valence-electron chi connectivity index (χ1n) is 24.9. The topological polar surface area (TPSA) is 21.3 Å². The summed E-state index contributed by atoms with van der Waals surface area (Å²) < 4.78 is 9.18. The molecule has 340 valence electrons. The fraction of sp³-hybridized carbons (Fsp3) is 0.0435. The van der Waals surface area contributed by atoms with Gasteiger partial charge in [0.25, 0.3) is 0 Å². The number of aromatic nitrogens is 1. The quantitative estimate of drug-likeness (QED) is 0.151. The van der Waals surface area contributed by atoms with Crippen molar-refractivity contribution in [2.24, 2.45) is 0 Å². The van der Waals surface area contributed by atoms with Crippen LogP contribution >= 0.6 is 0 Å². The number of rotatable bonds is 8. The zero-order chi connectivity index (χ0) is 47.9. The molecule has 2 heterocycles. The molecule has 0 radical (unpaired) electrons. The Morgan fingerprint density at radius 3 is 1.72 bits per heavy atom. The van der Waals surface area contributed by atoms with E-state index in [9.17, 15) is 0 Å². The van der Waals surface area contributed by atoms with Crippen molar-refractivity contribution in [2.75, 3.05) is 4.90 Å². The summed E-state index contributed by atoms with van der Waals surface area (Å²) in [4.78, 5) is 2.43. The van der Waals surface area contributed by atoms with E-state index < -0.39 is 0 Å². The molecule has 3 nitrogen and oxygen atoms in total. The lowest BCUT2D eigenvalue weighted by Gasteiger charge is -2.27. The summed E-state index contributed by atoms with van der Waals surface area (Å²) in [5.41, 5.74) is 22.9. The van der Waals surface area contributed by atoms with Gasteiger partial charge >= 0.3 is 0 Å². The van der Waals surface area contributed by atoms with Gasteiger partial charge in [-0.25, -0.2) is 0 Å². The first kappa shape index (κ1) is 41.8. The van der Waals surface area contributed by atoms with Crippen molar-refractivity contribution in [3.63, 3.8) is 0 Å². The lowest BCUT2D eigenvalue weighted by atomic mass is 9.81. The van der Waals surface area contributed by atoms with Crippen molar-refractivity contribution in [3.8, 4) is 61.3 Å². The van der Waals surface area contributed by atoms with Crippen LogP contribution < -0.4 is 4.90 Å². The van der Waals surface area contributed by atoms with E-state index in [1.807, 2.05) is 6.07 Å². The molecule has 0 saturated carbocycles. The molecular formula is C69H48N2O. The molecular weight excluding hydrogens is 873 g/mol. The number of furan rings is 1. The first-order chi connectivity index (χ1) is 35.5. The van der Waals surface area contributed by atoms with Gasteiger partial charge in [-0.3, -0.25) is 0 Å². The molecule has 11 aromatic carbocycles. The van der Waals surface area contributed by atoms with Gasteiger partial charge in [0, 0.05) is 38.5 Å². The van der Waals surface area contributed by atoms with Crippen LogP contribution in [0.25, 0.3) is 105 Å². The summed E-state index contributed by atoms with van der Waals surface area (Å²) in [6.07, 6.45) is 0. The van der Waals surface area contributed by atoms with Crippen LogP contribution in [0.3, 0.4) is 0 Å². The van der Waals surface area contributed by atoms with Crippen molar-refractivity contribution in [1.82, 2.24) is 4.57 Å². The van der Waals surface area contributed by atoms with Gasteiger partial charge < -0.3 is 13.9 Å². The summed E-state index contributed by atoms with van der Waals surface area (Å²) in [7, 11) is 0. The van der Waals surface area contributed by atoms with Crippen LogP contribution in [0.2, 0.25) is 0 Å².